The van der Waals surface area contributed by atoms with E-state index in [9.17, 15) is 9.18 Å². The van der Waals surface area contributed by atoms with E-state index in [4.69, 9.17) is 5.73 Å². The number of primary amides is 1. The van der Waals surface area contributed by atoms with Crippen LogP contribution >= 0.6 is 0 Å². The van der Waals surface area contributed by atoms with Gasteiger partial charge >= 0.3 is 0 Å². The van der Waals surface area contributed by atoms with Crippen LogP contribution in [0.1, 0.15) is 33.6 Å². The van der Waals surface area contributed by atoms with E-state index >= 15 is 0 Å². The van der Waals surface area contributed by atoms with Crippen LogP contribution in [0.4, 0.5) is 4.39 Å². The van der Waals surface area contributed by atoms with Crippen molar-refractivity contribution in [3.63, 3.8) is 0 Å². The molecule has 0 atom stereocenters. The van der Waals surface area contributed by atoms with Crippen LogP contribution in [0.3, 0.4) is 0 Å². The Hall–Kier alpha value is -2.66. The molecule has 2 heterocycles. The number of benzene rings is 1. The number of rotatable bonds is 4. The van der Waals surface area contributed by atoms with E-state index in [1.165, 1.54) is 11.6 Å². The van der Waals surface area contributed by atoms with E-state index in [-0.39, 0.29) is 5.56 Å². The zero-order chi connectivity index (χ0) is 18.8. The smallest absolute Gasteiger partial charge is 0.250 e. The van der Waals surface area contributed by atoms with Crippen molar-refractivity contribution in [2.75, 3.05) is 20.1 Å². The summed E-state index contributed by atoms with van der Waals surface area (Å²) in [7, 11) is 2.10. The Bertz CT molecular complexity index is 950. The molecule has 5 heteroatoms. The predicted molar refractivity (Wildman–Crippen MR) is 105 cm³/mol. The number of likely N-dealkylation sites (N-methyl/N-ethyl adjacent to an activating group) is 1. The van der Waals surface area contributed by atoms with Crippen molar-refractivity contribution in [3.8, 4) is 0 Å². The topological polar surface area (TPSA) is 62.1 Å². The van der Waals surface area contributed by atoms with Gasteiger partial charge in [0.15, 0.2) is 0 Å². The lowest BCUT2D eigenvalue weighted by Gasteiger charge is -2.20. The number of hydrogen-bond donors (Lipinski definition) is 2. The largest absolute Gasteiger partial charge is 0.366 e. The zero-order valence-electron chi connectivity index (χ0n) is 15.4. The fraction of sp³-hybridized carbons (Fsp3) is 0.286. The summed E-state index contributed by atoms with van der Waals surface area (Å²) in [5.41, 5.74) is 9.71. The van der Waals surface area contributed by atoms with E-state index in [0.717, 1.165) is 30.8 Å². The minimum Gasteiger partial charge on any atom is -0.366 e. The van der Waals surface area contributed by atoms with Gasteiger partial charge in [-0.1, -0.05) is 30.4 Å². The van der Waals surface area contributed by atoms with Gasteiger partial charge in [-0.2, -0.15) is 0 Å². The van der Waals surface area contributed by atoms with Crippen LogP contribution in [0.5, 0.6) is 0 Å². The number of hydrogen-bond acceptors (Lipinski definition) is 2. The van der Waals surface area contributed by atoms with Crippen molar-refractivity contribution >= 4 is 22.9 Å². The molecule has 1 aromatic carbocycles. The average Bonchev–Trinajstić information content (AvgIpc) is 2.88. The van der Waals surface area contributed by atoms with Crippen LogP contribution < -0.4 is 5.73 Å². The fourth-order valence-electron chi connectivity index (χ4n) is 3.39. The molecule has 0 fully saturated rings. The molecule has 1 aromatic heterocycles. The molecule has 4 nitrogen and oxygen atoms in total. The highest BCUT2D eigenvalue weighted by Gasteiger charge is 2.18. The molecule has 1 aliphatic heterocycles. The Balaban J connectivity index is 1.97. The predicted octanol–water partition coefficient (Wildman–Crippen LogP) is 3.85. The highest BCUT2D eigenvalue weighted by Crippen LogP contribution is 2.31. The maximum Gasteiger partial charge on any atom is 0.250 e. The second-order valence-electron chi connectivity index (χ2n) is 6.83. The van der Waals surface area contributed by atoms with Crippen LogP contribution in [0.15, 0.2) is 35.9 Å². The van der Waals surface area contributed by atoms with Gasteiger partial charge in [-0.25, -0.2) is 4.39 Å². The molecule has 0 radical (unpaired) electrons. The molecular formula is C21H24FN3O. The summed E-state index contributed by atoms with van der Waals surface area (Å²) < 4.78 is 14.6. The number of amides is 1. The van der Waals surface area contributed by atoms with Crippen molar-refractivity contribution in [3.05, 3.63) is 64.1 Å². The van der Waals surface area contributed by atoms with Gasteiger partial charge in [0.05, 0.1) is 11.1 Å². The molecule has 0 saturated carbocycles. The molecule has 3 rings (SSSR count). The SMILES string of the molecule is Cc1[nH]c2c(C(N)=O)cc(F)c(/C=C/C=C\C3=CCCN(C)C3)c2c1C. The first-order valence-electron chi connectivity index (χ1n) is 8.72. The fourth-order valence-corrected chi connectivity index (χ4v) is 3.39. The third-order valence-corrected chi connectivity index (χ3v) is 4.89. The highest BCUT2D eigenvalue weighted by molar-refractivity contribution is 6.08. The molecule has 1 amide bonds. The van der Waals surface area contributed by atoms with E-state index in [1.807, 2.05) is 32.1 Å². The van der Waals surface area contributed by atoms with Crippen LogP contribution in [-0.2, 0) is 0 Å². The second-order valence-corrected chi connectivity index (χ2v) is 6.83. The number of carbonyl (C=O) groups excluding carboxylic acids is 1. The Morgan fingerprint density at radius 1 is 1.31 bits per heavy atom. The number of aryl methyl sites for hydroxylation is 2. The number of aromatic amines is 1. The highest BCUT2D eigenvalue weighted by atomic mass is 19.1. The van der Waals surface area contributed by atoms with Crippen molar-refractivity contribution in [2.24, 2.45) is 5.73 Å². The summed E-state index contributed by atoms with van der Waals surface area (Å²) in [6, 6.07) is 1.21. The van der Waals surface area contributed by atoms with Crippen LogP contribution in [0.2, 0.25) is 0 Å². The first-order valence-corrected chi connectivity index (χ1v) is 8.72. The Kier molecular flexibility index (Phi) is 5.09. The van der Waals surface area contributed by atoms with Gasteiger partial charge in [0.1, 0.15) is 5.82 Å². The summed E-state index contributed by atoms with van der Waals surface area (Å²) in [4.78, 5) is 17.1. The maximum atomic E-state index is 14.6. The van der Waals surface area contributed by atoms with E-state index in [2.05, 4.69) is 23.0 Å². The van der Waals surface area contributed by atoms with Gasteiger partial charge in [0, 0.05) is 29.7 Å². The minimum absolute atomic E-state index is 0.178. The van der Waals surface area contributed by atoms with Gasteiger partial charge in [0.25, 0.3) is 5.91 Å². The van der Waals surface area contributed by atoms with Crippen molar-refractivity contribution in [1.29, 1.82) is 0 Å². The summed E-state index contributed by atoms with van der Waals surface area (Å²) in [6.45, 7) is 5.81. The van der Waals surface area contributed by atoms with Gasteiger partial charge in [-0.15, -0.1) is 0 Å². The lowest BCUT2D eigenvalue weighted by Crippen LogP contribution is -2.24. The number of allylic oxidation sites excluding steroid dienone is 2. The van der Waals surface area contributed by atoms with Crippen molar-refractivity contribution in [1.82, 2.24) is 9.88 Å². The molecule has 0 spiro atoms. The molecule has 0 aliphatic carbocycles. The molecule has 1 aliphatic rings. The number of aromatic nitrogens is 1. The first kappa shape index (κ1) is 18.1. The number of fused-ring (bicyclic) bond motifs is 1. The average molecular weight is 353 g/mol. The number of nitrogens with one attached hydrogen (secondary N) is 1. The summed E-state index contributed by atoms with van der Waals surface area (Å²) in [6.07, 6.45) is 10.8. The number of halogens is 1. The molecule has 26 heavy (non-hydrogen) atoms. The van der Waals surface area contributed by atoms with Gasteiger partial charge in [0.2, 0.25) is 0 Å². The summed E-state index contributed by atoms with van der Waals surface area (Å²) >= 11 is 0. The van der Waals surface area contributed by atoms with Crippen LogP contribution in [-0.4, -0.2) is 35.9 Å². The van der Waals surface area contributed by atoms with Gasteiger partial charge in [-0.05, 0) is 44.5 Å². The maximum absolute atomic E-state index is 14.6. The summed E-state index contributed by atoms with van der Waals surface area (Å²) in [5.74, 6) is -1.09. The number of carbonyl (C=O) groups is 1. The third kappa shape index (κ3) is 3.48. The van der Waals surface area contributed by atoms with E-state index in [0.29, 0.717) is 16.5 Å². The molecule has 136 valence electrons. The second kappa shape index (κ2) is 7.30. The zero-order valence-corrected chi connectivity index (χ0v) is 15.4. The molecule has 3 N–H and O–H groups in total. The molecular weight excluding hydrogens is 329 g/mol. The molecule has 0 bridgehead atoms. The number of nitrogens with two attached hydrogens (primary N) is 1. The van der Waals surface area contributed by atoms with Gasteiger partial charge < -0.3 is 15.6 Å². The molecule has 0 saturated heterocycles. The monoisotopic (exact) mass is 353 g/mol. The lowest BCUT2D eigenvalue weighted by atomic mass is 10.0. The van der Waals surface area contributed by atoms with Gasteiger partial charge in [-0.3, -0.25) is 4.79 Å². The number of nitrogens with zero attached hydrogens (tertiary/aromatic N) is 1. The Morgan fingerprint density at radius 3 is 2.73 bits per heavy atom. The minimum atomic E-state index is -0.640. The summed E-state index contributed by atoms with van der Waals surface area (Å²) in [5, 5.41) is 0.706. The van der Waals surface area contributed by atoms with Crippen LogP contribution in [0.25, 0.3) is 17.0 Å². The first-order chi connectivity index (χ1) is 12.4. The van der Waals surface area contributed by atoms with E-state index < -0.39 is 11.7 Å². The normalized spacial score (nSPS) is 16.1. The Morgan fingerprint density at radius 2 is 2.04 bits per heavy atom. The van der Waals surface area contributed by atoms with Crippen molar-refractivity contribution in [2.45, 2.75) is 20.3 Å². The standard InChI is InChI=1S/C21H24FN3O/c1-13-14(2)24-20-17(21(23)26)11-18(22)16(19(13)20)9-5-4-7-15-8-6-10-25(3)12-15/h4-5,7-9,11,24H,6,10,12H2,1-3H3,(H2,23,26)/b7-4-,9-5+. The molecule has 0 unspecified atom stereocenters. The van der Waals surface area contributed by atoms with E-state index in [1.54, 1.807) is 6.08 Å². The Labute approximate surface area is 152 Å². The third-order valence-electron chi connectivity index (χ3n) is 4.89. The van der Waals surface area contributed by atoms with Crippen molar-refractivity contribution < 1.29 is 9.18 Å². The lowest BCUT2D eigenvalue weighted by molar-refractivity contribution is 0.100. The molecule has 2 aromatic rings. The number of H-pyrrole nitrogens is 1. The quantitative estimate of drug-likeness (QED) is 0.820. The van der Waals surface area contributed by atoms with Crippen LogP contribution in [0, 0.1) is 19.7 Å².